The van der Waals surface area contributed by atoms with E-state index in [-0.39, 0.29) is 104 Å². The summed E-state index contributed by atoms with van der Waals surface area (Å²) in [4.78, 5) is 93.2. The van der Waals surface area contributed by atoms with E-state index in [0.29, 0.717) is 0 Å². The van der Waals surface area contributed by atoms with E-state index in [4.69, 9.17) is 0 Å². The zero-order valence-electron chi connectivity index (χ0n) is 46.0. The first-order valence-corrected chi connectivity index (χ1v) is 26.6. The molecule has 3 heterocycles. The summed E-state index contributed by atoms with van der Waals surface area (Å²) < 4.78 is 2.61. The van der Waals surface area contributed by atoms with Gasteiger partial charge < -0.3 is 127 Å². The van der Waals surface area contributed by atoms with Crippen molar-refractivity contribution < 1.29 is 151 Å². The van der Waals surface area contributed by atoms with E-state index < -0.39 is 192 Å². The van der Waals surface area contributed by atoms with Gasteiger partial charge in [-0.1, -0.05) is 18.2 Å². The minimum Gasteiger partial charge on any atom is -0.503 e. The molecular weight excluding hydrogens is 1290 g/mol. The van der Waals surface area contributed by atoms with E-state index in [0.717, 1.165) is 50.5 Å². The Labute approximate surface area is 520 Å². The molecule has 4 amide bonds. The molecule has 480 valence electrons. The Balaban J connectivity index is 0.0000194. The quantitative estimate of drug-likeness (QED) is 0.0190. The summed E-state index contributed by atoms with van der Waals surface area (Å²) in [6.07, 6.45) is -21.5. The fourth-order valence-electron chi connectivity index (χ4n) is 9.08. The Hall–Kier alpha value is -5.93. The minimum absolute atomic E-state index is 0. The van der Waals surface area contributed by atoms with Crippen molar-refractivity contribution in [2.24, 2.45) is 0 Å². The third-order valence-corrected chi connectivity index (χ3v) is 14.0. The molecule has 4 rings (SSSR count). The number of hydrogen-bond acceptors (Lipinski definition) is 25. The second kappa shape index (κ2) is 35.2. The number of aromatic hydroxyl groups is 3. The number of benzene rings is 1. The summed E-state index contributed by atoms with van der Waals surface area (Å²) >= 11 is 0. The zero-order chi connectivity index (χ0) is 63.5. The van der Waals surface area contributed by atoms with E-state index in [1.165, 1.54) is 12.1 Å². The van der Waals surface area contributed by atoms with Gasteiger partial charge in [0.25, 0.3) is 23.6 Å². The van der Waals surface area contributed by atoms with Crippen molar-refractivity contribution in [2.75, 3.05) is 39.5 Å². The molecule has 0 bridgehead atoms. The zero-order valence-corrected chi connectivity index (χ0v) is 48.3. The maximum atomic E-state index is 14.1. The molecule has 86 heavy (non-hydrogen) atoms. The molecule has 0 radical (unpaired) electrons. The Morgan fingerprint density at radius 2 is 0.674 bits per heavy atom. The van der Waals surface area contributed by atoms with Crippen LogP contribution in [0.25, 0.3) is 0 Å². The first-order chi connectivity index (χ1) is 40.1. The second-order valence-electron chi connectivity index (χ2n) is 20.2. The van der Waals surface area contributed by atoms with Crippen LogP contribution in [0.5, 0.6) is 17.2 Å². The van der Waals surface area contributed by atoms with Crippen molar-refractivity contribution in [1.29, 1.82) is 0 Å². The summed E-state index contributed by atoms with van der Waals surface area (Å²) in [5, 5.41) is 194. The maximum absolute atomic E-state index is 14.1. The molecule has 0 fully saturated rings. The molecule has 12 atom stereocenters. The number of carbonyl (C=O) groups excluding carboxylic acids is 4. The van der Waals surface area contributed by atoms with Crippen molar-refractivity contribution in [2.45, 2.75) is 137 Å². The van der Waals surface area contributed by atoms with Gasteiger partial charge in [-0.25, -0.2) is 0 Å². The maximum Gasteiger partial charge on any atom is 0.271 e. The van der Waals surface area contributed by atoms with Crippen LogP contribution in [0.2, 0.25) is 0 Å². The normalized spacial score (nSPS) is 15.9. The predicted molar refractivity (Wildman–Crippen MR) is 292 cm³/mol. The third kappa shape index (κ3) is 20.1. The summed E-state index contributed by atoms with van der Waals surface area (Å²) in [7, 11) is 0. The van der Waals surface area contributed by atoms with E-state index in [2.05, 4.69) is 21.3 Å². The van der Waals surface area contributed by atoms with Gasteiger partial charge in [0, 0.05) is 107 Å². The van der Waals surface area contributed by atoms with Crippen LogP contribution in [0.1, 0.15) is 80.3 Å². The van der Waals surface area contributed by atoms with E-state index in [1.807, 2.05) is 0 Å². The standard InChI is InChI=1S/C53H75N7O25.Gd/c61-24-34(70)46(79)43(76)31(67)21-58-18-9-28(64)40(73)37(58)50(83)54-15-4-12-53(57-49(82)27-7-2-1-3-8-27,13-5-16-55-51(84)38-41(74)29(65)10-19-59(38)22-32(68)44(77)47(80)35(71)25-62)14-6-17-56-52(85)39-42(75)30(66)11-20-60(39)23-33(69)45(78)48(81)36(72)26-63;/h1-3,7-11,18-20,31-36,43-48,61-63,67-81H,4-6,12-17,21-26H2,(H,54,83)(H,55,84)(H,56,85)(H,57,82);/t31-,32-,33-,34+,35+,36+,43+,44+,45+,46+,47+,48+;/m0./s1. The average Bonchev–Trinajstić information content (AvgIpc) is 3.24. The third-order valence-electron chi connectivity index (χ3n) is 14.0. The minimum atomic E-state index is -2.11. The van der Waals surface area contributed by atoms with Crippen molar-refractivity contribution in [3.63, 3.8) is 0 Å². The van der Waals surface area contributed by atoms with Crippen LogP contribution in [-0.4, -0.2) is 247 Å². The molecule has 0 aliphatic rings. The van der Waals surface area contributed by atoms with Gasteiger partial charge in [-0.3, -0.25) is 33.6 Å². The number of aliphatic hydroxyl groups excluding tert-OH is 15. The molecule has 0 aliphatic carbocycles. The smallest absolute Gasteiger partial charge is 0.271 e. The molecule has 22 N–H and O–H groups in total. The van der Waals surface area contributed by atoms with Crippen LogP contribution in [0.15, 0.2) is 81.5 Å². The van der Waals surface area contributed by atoms with Gasteiger partial charge in [0.2, 0.25) is 16.3 Å². The van der Waals surface area contributed by atoms with Gasteiger partial charge in [-0.15, -0.1) is 0 Å². The van der Waals surface area contributed by atoms with Crippen LogP contribution >= 0.6 is 0 Å². The monoisotopic (exact) mass is 1370 g/mol. The van der Waals surface area contributed by atoms with Crippen LogP contribution in [0.4, 0.5) is 0 Å². The number of aromatic nitrogens is 3. The Kier molecular flexibility index (Phi) is 30.4. The van der Waals surface area contributed by atoms with Gasteiger partial charge in [0.1, 0.15) is 73.2 Å². The van der Waals surface area contributed by atoms with Crippen LogP contribution in [0, 0.1) is 39.9 Å². The molecular formula is C53H75GdN7O25. The first-order valence-electron chi connectivity index (χ1n) is 26.6. The topological polar surface area (TPSA) is 547 Å². The Morgan fingerprint density at radius 1 is 0.407 bits per heavy atom. The van der Waals surface area contributed by atoms with E-state index >= 15 is 0 Å². The number of hydrogen-bond donors (Lipinski definition) is 22. The molecule has 1 aromatic carbocycles. The largest absolute Gasteiger partial charge is 0.503 e. The number of aliphatic hydroxyl groups is 15. The Bertz CT molecular complexity index is 2750. The number of rotatable bonds is 35. The fourth-order valence-corrected chi connectivity index (χ4v) is 9.08. The summed E-state index contributed by atoms with van der Waals surface area (Å²) in [5.74, 6) is -7.26. The van der Waals surface area contributed by atoms with Crippen molar-refractivity contribution in [3.05, 3.63) is 120 Å². The van der Waals surface area contributed by atoms with Gasteiger partial charge in [0.15, 0.2) is 34.3 Å². The molecule has 0 unspecified atom stereocenters. The SMILES string of the molecule is O=C(NC(CCCNC(=O)c1c(O)c(=O)ccn1C[C@H](O)[C@@H](O)[C@H](O)[C@H](O)CO)(CCCNC(=O)c1c(O)c(=O)ccn1C[C@H](O)[C@@H](O)[C@H](O)[C@H](O)CO)CCCNC(=O)c1c(O)c(=O)ccn1C[C@H](O)[C@@H](O)[C@H](O)[C@H](O)CO)c1ccccc1.[Gd]. The van der Waals surface area contributed by atoms with E-state index in [1.54, 1.807) is 18.2 Å². The fraction of sp³-hybridized carbons (Fsp3) is 0.528. The molecule has 3 aromatic heterocycles. The van der Waals surface area contributed by atoms with Crippen LogP contribution < -0.4 is 37.6 Å². The van der Waals surface area contributed by atoms with Gasteiger partial charge in [0.05, 0.1) is 39.5 Å². The molecule has 4 aromatic rings. The first kappa shape index (κ1) is 74.3. The van der Waals surface area contributed by atoms with Gasteiger partial charge in [-0.05, 0) is 50.7 Å². The van der Waals surface area contributed by atoms with Gasteiger partial charge in [-0.2, -0.15) is 0 Å². The van der Waals surface area contributed by atoms with Crippen molar-refractivity contribution in [1.82, 2.24) is 35.0 Å². The number of pyridine rings is 3. The molecule has 32 nitrogen and oxygen atoms in total. The number of nitrogens with zero attached hydrogens (tertiary/aromatic N) is 3. The van der Waals surface area contributed by atoms with Crippen LogP contribution in [0.3, 0.4) is 0 Å². The summed E-state index contributed by atoms with van der Waals surface area (Å²) in [5.41, 5.74) is -6.54. The molecule has 0 spiro atoms. The average molecular weight is 1370 g/mol. The summed E-state index contributed by atoms with van der Waals surface area (Å²) in [6, 6.07) is 10.2. The molecule has 0 saturated carbocycles. The van der Waals surface area contributed by atoms with E-state index in [9.17, 15) is 125 Å². The Morgan fingerprint density at radius 3 is 0.942 bits per heavy atom. The van der Waals surface area contributed by atoms with Crippen molar-refractivity contribution in [3.8, 4) is 17.2 Å². The number of amides is 4. The molecule has 0 aliphatic heterocycles. The van der Waals surface area contributed by atoms with Crippen molar-refractivity contribution >= 4 is 23.6 Å². The summed E-state index contributed by atoms with van der Waals surface area (Å²) in [6.45, 7) is -6.16. The predicted octanol–water partition coefficient (Wildman–Crippen LogP) is -8.30. The molecule has 0 saturated heterocycles. The molecule has 33 heteroatoms. The number of carbonyl (C=O) groups is 4. The van der Waals surface area contributed by atoms with Crippen LogP contribution in [-0.2, 0) is 19.6 Å². The number of nitrogens with one attached hydrogen (secondary N) is 4. The second-order valence-corrected chi connectivity index (χ2v) is 20.2. The van der Waals surface area contributed by atoms with Gasteiger partial charge >= 0.3 is 0 Å².